The fraction of sp³-hybridized carbons (Fsp3) is 0.630. The molecule has 7 N–H and O–H groups in total. The zero-order valence-corrected chi connectivity index (χ0v) is 37.2. The summed E-state index contributed by atoms with van der Waals surface area (Å²) in [5, 5.41) is 40.3. The lowest BCUT2D eigenvalue weighted by Gasteiger charge is -2.20. The molecule has 0 radical (unpaired) electrons. The van der Waals surface area contributed by atoms with Gasteiger partial charge in [-0.2, -0.15) is 0 Å². The van der Waals surface area contributed by atoms with Crippen LogP contribution in [0.25, 0.3) is 0 Å². The Hall–Kier alpha value is -3.46. The first kappa shape index (κ1) is 55.6. The molecule has 0 aromatic heterocycles. The summed E-state index contributed by atoms with van der Waals surface area (Å²) in [5.74, 6) is -3.57. The number of allylic oxidation sites excluding steroid dienone is 11. The van der Waals surface area contributed by atoms with Gasteiger partial charge in [0.25, 0.3) is 0 Å². The number of aliphatic hydroxyl groups is 3. The lowest BCUT2D eigenvalue weighted by molar-refractivity contribution is -0.160. The average Bonchev–Trinajstić information content (AvgIpc) is 3.49. The first-order valence-corrected chi connectivity index (χ1v) is 23.4. The average molecular weight is 880 g/mol. The molecular formula is C46H74NO13P. The van der Waals surface area contributed by atoms with E-state index in [1.807, 2.05) is 18.2 Å². The van der Waals surface area contributed by atoms with Gasteiger partial charge in [-0.15, -0.1) is 0 Å². The molecule has 0 aromatic rings. The highest BCUT2D eigenvalue weighted by Crippen LogP contribution is 2.43. The number of carbonyl (C=O) groups is 3. The largest absolute Gasteiger partial charge is 0.480 e. The maximum atomic E-state index is 12.8. The number of ether oxygens (including phenoxy) is 2. The zero-order chi connectivity index (χ0) is 45.1. The van der Waals surface area contributed by atoms with Crippen molar-refractivity contribution in [1.29, 1.82) is 0 Å². The van der Waals surface area contributed by atoms with Crippen LogP contribution in [0.3, 0.4) is 0 Å². The van der Waals surface area contributed by atoms with E-state index in [2.05, 4.69) is 60.9 Å². The fourth-order valence-corrected chi connectivity index (χ4v) is 6.98. The van der Waals surface area contributed by atoms with Crippen LogP contribution >= 0.6 is 7.82 Å². The van der Waals surface area contributed by atoms with E-state index in [0.29, 0.717) is 25.7 Å². The summed E-state index contributed by atoms with van der Waals surface area (Å²) in [7, 11) is -4.83. The third-order valence-corrected chi connectivity index (χ3v) is 10.7. The van der Waals surface area contributed by atoms with Crippen LogP contribution in [0.1, 0.15) is 123 Å². The second-order valence-corrected chi connectivity index (χ2v) is 16.6. The van der Waals surface area contributed by atoms with Gasteiger partial charge in [-0.05, 0) is 63.7 Å². The van der Waals surface area contributed by atoms with Crippen molar-refractivity contribution in [3.05, 3.63) is 85.1 Å². The van der Waals surface area contributed by atoms with Crippen LogP contribution in [0, 0.1) is 11.8 Å². The molecule has 1 unspecified atom stereocenters. The van der Waals surface area contributed by atoms with Crippen molar-refractivity contribution in [1.82, 2.24) is 0 Å². The number of carboxylic acid groups (broad SMARTS) is 1. The number of carbonyl (C=O) groups excluding carboxylic acids is 2. The Balaban J connectivity index is 2.60. The van der Waals surface area contributed by atoms with Gasteiger partial charge >= 0.3 is 25.7 Å². The molecule has 1 saturated carbocycles. The molecule has 0 spiro atoms. The summed E-state index contributed by atoms with van der Waals surface area (Å²) in [6.07, 6.45) is 36.6. The van der Waals surface area contributed by atoms with Gasteiger partial charge in [0.2, 0.25) is 0 Å². The van der Waals surface area contributed by atoms with Crippen molar-refractivity contribution in [2.45, 2.75) is 153 Å². The van der Waals surface area contributed by atoms with E-state index in [0.717, 1.165) is 44.9 Å². The molecule has 0 saturated heterocycles. The normalized spacial score (nSPS) is 21.2. The molecule has 8 atom stereocenters. The van der Waals surface area contributed by atoms with Gasteiger partial charge in [0.05, 0.1) is 37.9 Å². The van der Waals surface area contributed by atoms with Gasteiger partial charge in [-0.1, -0.05) is 131 Å². The van der Waals surface area contributed by atoms with E-state index in [4.69, 9.17) is 24.8 Å². The second-order valence-electron chi connectivity index (χ2n) is 15.1. The molecule has 14 nitrogen and oxygen atoms in total. The van der Waals surface area contributed by atoms with Gasteiger partial charge in [0.15, 0.2) is 6.10 Å². The van der Waals surface area contributed by atoms with Crippen molar-refractivity contribution in [3.63, 3.8) is 0 Å². The van der Waals surface area contributed by atoms with Crippen LogP contribution in [0.5, 0.6) is 0 Å². The van der Waals surface area contributed by atoms with Crippen molar-refractivity contribution >= 4 is 25.7 Å². The summed E-state index contributed by atoms with van der Waals surface area (Å²) in [4.78, 5) is 46.2. The number of aliphatic carboxylic acids is 1. The molecule has 0 amide bonds. The Labute approximate surface area is 363 Å². The Bertz CT molecular complexity index is 1470. The predicted molar refractivity (Wildman–Crippen MR) is 237 cm³/mol. The first-order chi connectivity index (χ1) is 29.3. The minimum Gasteiger partial charge on any atom is -0.480 e. The van der Waals surface area contributed by atoms with Crippen molar-refractivity contribution in [3.8, 4) is 0 Å². The van der Waals surface area contributed by atoms with Gasteiger partial charge in [0, 0.05) is 18.8 Å². The van der Waals surface area contributed by atoms with Crippen LogP contribution in [0.2, 0.25) is 0 Å². The fourth-order valence-electron chi connectivity index (χ4n) is 6.20. The topological polar surface area (TPSA) is 232 Å². The van der Waals surface area contributed by atoms with Gasteiger partial charge in [-0.3, -0.25) is 23.4 Å². The molecule has 0 bridgehead atoms. The summed E-state index contributed by atoms with van der Waals surface area (Å²) < 4.78 is 32.5. The van der Waals surface area contributed by atoms with Gasteiger partial charge in [0.1, 0.15) is 12.6 Å². The molecule has 0 aromatic carbocycles. The number of phosphoric ester groups is 1. The number of nitrogens with two attached hydrogens (primary N) is 1. The summed E-state index contributed by atoms with van der Waals surface area (Å²) in [6.45, 7) is 2.23. The van der Waals surface area contributed by atoms with Crippen molar-refractivity contribution in [2.75, 3.05) is 19.8 Å². The highest BCUT2D eigenvalue weighted by atomic mass is 31.2. The van der Waals surface area contributed by atoms with Crippen molar-refractivity contribution < 1.29 is 62.8 Å². The van der Waals surface area contributed by atoms with Gasteiger partial charge in [-0.25, -0.2) is 4.57 Å². The lowest BCUT2D eigenvalue weighted by atomic mass is 9.89. The summed E-state index contributed by atoms with van der Waals surface area (Å²) in [6, 6.07) is -1.59. The number of carboxylic acids is 1. The zero-order valence-electron chi connectivity index (χ0n) is 36.3. The molecule has 0 aliphatic heterocycles. The van der Waals surface area contributed by atoms with E-state index in [-0.39, 0.29) is 31.1 Å². The first-order valence-electron chi connectivity index (χ1n) is 21.9. The Morgan fingerprint density at radius 2 is 1.31 bits per heavy atom. The molecule has 1 aliphatic rings. The van der Waals surface area contributed by atoms with E-state index in [9.17, 15) is 39.2 Å². The third-order valence-electron chi connectivity index (χ3n) is 9.73. The molecule has 61 heavy (non-hydrogen) atoms. The Morgan fingerprint density at radius 1 is 0.738 bits per heavy atom. The monoisotopic (exact) mass is 879 g/mol. The summed E-state index contributed by atoms with van der Waals surface area (Å²) in [5.41, 5.74) is 5.32. The lowest BCUT2D eigenvalue weighted by Crippen LogP contribution is -2.34. The quantitative estimate of drug-likeness (QED) is 0.0154. The molecule has 346 valence electrons. The minimum absolute atomic E-state index is 0.0276. The Morgan fingerprint density at radius 3 is 1.92 bits per heavy atom. The van der Waals surface area contributed by atoms with E-state index in [1.165, 1.54) is 25.3 Å². The number of hydrogen-bond acceptors (Lipinski definition) is 12. The number of esters is 2. The maximum absolute atomic E-state index is 12.8. The minimum atomic E-state index is -4.83. The molecule has 1 fully saturated rings. The second kappa shape index (κ2) is 35.1. The highest BCUT2D eigenvalue weighted by Gasteiger charge is 2.39. The molecule has 1 aliphatic carbocycles. The number of phosphoric acid groups is 1. The van der Waals surface area contributed by atoms with Gasteiger partial charge < -0.3 is 40.5 Å². The number of rotatable bonds is 35. The van der Waals surface area contributed by atoms with E-state index >= 15 is 0 Å². The number of aliphatic hydroxyl groups excluding tert-OH is 3. The summed E-state index contributed by atoms with van der Waals surface area (Å²) >= 11 is 0. The molecular weight excluding hydrogens is 805 g/mol. The van der Waals surface area contributed by atoms with Crippen LogP contribution < -0.4 is 5.73 Å². The number of hydrogen-bond donors (Lipinski definition) is 6. The van der Waals surface area contributed by atoms with E-state index < -0.39 is 76.0 Å². The van der Waals surface area contributed by atoms with E-state index in [1.54, 1.807) is 18.2 Å². The predicted octanol–water partition coefficient (Wildman–Crippen LogP) is 7.88. The standard InChI is InChI=1S/C46H74NO13P/c1-3-5-7-8-9-10-11-12-13-14-15-16-17-18-19-20-21-22-24-29-44(51)57-34-38(35-58-61(55,56)59-36-41(47)46(53)54)60-45(52)30-26-25-28-39-40(43(50)33-42(39)49)32-31-37(48)27-23-6-4-2/h9-10,12-13,15-16,18-19,21-22,25-26,31-32,37-43,48-50H,3-8,11,14,17,20,23-24,27-30,33-36,47H2,1-2H3,(H,53,54)(H,55,56)/b10-9-,13-12-,16-15-,19-18-,22-21-,26-25-,32-31+/t37-,38-,39+,40-,41+,42+,43-/m1/s1. The Kier molecular flexibility index (Phi) is 31.9. The molecule has 0 heterocycles. The van der Waals surface area contributed by atoms with Crippen LogP contribution in [-0.4, -0.2) is 93.5 Å². The van der Waals surface area contributed by atoms with Crippen molar-refractivity contribution in [2.24, 2.45) is 17.6 Å². The molecule has 15 heteroatoms. The van der Waals surface area contributed by atoms with Crippen LogP contribution in [0.15, 0.2) is 85.1 Å². The smallest absolute Gasteiger partial charge is 0.472 e. The number of unbranched alkanes of at least 4 members (excludes halogenated alkanes) is 5. The molecule has 1 rings (SSSR count). The van der Waals surface area contributed by atoms with Crippen LogP contribution in [-0.2, 0) is 37.5 Å². The third kappa shape index (κ3) is 29.5. The SMILES string of the molecule is CCCCC/C=C\C/C=C\C/C=C\C/C=C\C/C=C\CCC(=O)OC[C@H](COP(=O)(O)OC[C@H](N)C(=O)O)OC(=O)C/C=C\C[C@H]1[C@@H](/C=C/[C@H](O)CCCCC)[C@H](O)C[C@@H]1O. The van der Waals surface area contributed by atoms with Crippen LogP contribution in [0.4, 0.5) is 0 Å². The highest BCUT2D eigenvalue weighted by molar-refractivity contribution is 7.47. The maximum Gasteiger partial charge on any atom is 0.472 e.